The molecule has 0 saturated heterocycles. The fourth-order valence-electron chi connectivity index (χ4n) is 2.57. The summed E-state index contributed by atoms with van der Waals surface area (Å²) in [6, 6.07) is 3.17. The molecule has 0 atom stereocenters. The van der Waals surface area contributed by atoms with Crippen LogP contribution in [0.1, 0.15) is 17.5 Å². The number of rotatable bonds is 1. The third-order valence-electron chi connectivity index (χ3n) is 3.31. The molecule has 2 aliphatic rings. The molecule has 4 nitrogen and oxygen atoms in total. The van der Waals surface area contributed by atoms with Gasteiger partial charge < -0.3 is 4.90 Å². The molecule has 0 radical (unpaired) electrons. The lowest BCUT2D eigenvalue weighted by molar-refractivity contribution is -0.118. The quantitative estimate of drug-likeness (QED) is 0.727. The Morgan fingerprint density at radius 1 is 1.12 bits per heavy atom. The van der Waals surface area contributed by atoms with Crippen LogP contribution in [0, 0.1) is 0 Å². The van der Waals surface area contributed by atoms with Gasteiger partial charge in [0.25, 0.3) is 9.05 Å². The minimum atomic E-state index is -3.70. The average Bonchev–Trinajstić information content (AvgIpc) is 2.67. The Morgan fingerprint density at radius 3 is 2.41 bits per heavy atom. The molecule has 2 aliphatic heterocycles. The van der Waals surface area contributed by atoms with Gasteiger partial charge >= 0.3 is 0 Å². The van der Waals surface area contributed by atoms with Crippen LogP contribution in [0.3, 0.4) is 0 Å². The highest BCUT2D eigenvalue weighted by Gasteiger charge is 2.32. The Hall–Kier alpha value is -1.07. The highest BCUT2D eigenvalue weighted by Crippen LogP contribution is 2.38. The van der Waals surface area contributed by atoms with Gasteiger partial charge in [0, 0.05) is 23.6 Å². The van der Waals surface area contributed by atoms with Crippen LogP contribution in [-0.2, 0) is 26.7 Å². The number of halogens is 1. The molecule has 0 aliphatic carbocycles. The number of benzene rings is 1. The first-order chi connectivity index (χ1) is 7.97. The number of hydrogen-bond donors (Lipinski definition) is 0. The van der Waals surface area contributed by atoms with E-state index in [1.54, 1.807) is 17.0 Å². The smallest absolute Gasteiger partial charge is 0.261 e. The lowest BCUT2D eigenvalue weighted by Crippen LogP contribution is -2.32. The van der Waals surface area contributed by atoms with Crippen LogP contribution in [0.2, 0.25) is 0 Å². The summed E-state index contributed by atoms with van der Waals surface area (Å²) in [5, 5.41) is 0. The van der Waals surface area contributed by atoms with Crippen molar-refractivity contribution in [3.63, 3.8) is 0 Å². The number of anilines is 1. The van der Waals surface area contributed by atoms with Gasteiger partial charge in [0.2, 0.25) is 5.91 Å². The van der Waals surface area contributed by atoms with Crippen LogP contribution in [-0.4, -0.2) is 20.9 Å². The van der Waals surface area contributed by atoms with Crippen LogP contribution in [0.25, 0.3) is 0 Å². The number of nitrogens with zero attached hydrogens (tertiary/aromatic N) is 1. The van der Waals surface area contributed by atoms with E-state index in [9.17, 15) is 13.2 Å². The zero-order valence-electron chi connectivity index (χ0n) is 8.94. The highest BCUT2D eigenvalue weighted by molar-refractivity contribution is 8.13. The van der Waals surface area contributed by atoms with Crippen molar-refractivity contribution in [1.82, 2.24) is 0 Å². The molecule has 0 unspecified atom stereocenters. The molecule has 6 heteroatoms. The second kappa shape index (κ2) is 3.46. The summed E-state index contributed by atoms with van der Waals surface area (Å²) >= 11 is 0. The Balaban J connectivity index is 2.24. The predicted octanol–water partition coefficient (Wildman–Crippen LogP) is 1.45. The molecule has 0 bridgehead atoms. The molecule has 17 heavy (non-hydrogen) atoms. The summed E-state index contributed by atoms with van der Waals surface area (Å²) in [6.45, 7) is 0.646. The van der Waals surface area contributed by atoms with E-state index in [0.717, 1.165) is 16.8 Å². The Morgan fingerprint density at radius 2 is 1.76 bits per heavy atom. The number of aryl methyl sites for hydroxylation is 1. The molecule has 2 heterocycles. The van der Waals surface area contributed by atoms with Gasteiger partial charge in [0.05, 0.1) is 10.6 Å². The van der Waals surface area contributed by atoms with Gasteiger partial charge in [-0.3, -0.25) is 4.79 Å². The Bertz CT molecular complexity index is 624. The zero-order valence-corrected chi connectivity index (χ0v) is 10.5. The van der Waals surface area contributed by atoms with E-state index >= 15 is 0 Å². The maximum Gasteiger partial charge on any atom is 0.261 e. The van der Waals surface area contributed by atoms with E-state index in [-0.39, 0.29) is 10.8 Å². The van der Waals surface area contributed by atoms with Crippen LogP contribution in [0.5, 0.6) is 0 Å². The van der Waals surface area contributed by atoms with E-state index in [1.165, 1.54) is 0 Å². The Kier molecular flexibility index (Phi) is 2.25. The summed E-state index contributed by atoms with van der Waals surface area (Å²) in [5.41, 5.74) is 2.74. The van der Waals surface area contributed by atoms with E-state index < -0.39 is 9.05 Å². The molecule has 0 aromatic heterocycles. The van der Waals surface area contributed by atoms with Gasteiger partial charge in [-0.2, -0.15) is 0 Å². The molecule has 1 aromatic rings. The molecule has 90 valence electrons. The van der Waals surface area contributed by atoms with Crippen molar-refractivity contribution in [3.05, 3.63) is 23.3 Å². The first kappa shape index (κ1) is 11.0. The minimum Gasteiger partial charge on any atom is -0.312 e. The van der Waals surface area contributed by atoms with Gasteiger partial charge in [-0.05, 0) is 36.1 Å². The molecular weight excluding hydrogens is 262 g/mol. The van der Waals surface area contributed by atoms with Crippen molar-refractivity contribution >= 4 is 31.3 Å². The average molecular weight is 272 g/mol. The van der Waals surface area contributed by atoms with Crippen molar-refractivity contribution in [2.24, 2.45) is 0 Å². The molecule has 0 saturated carbocycles. The third kappa shape index (κ3) is 1.65. The van der Waals surface area contributed by atoms with Crippen LogP contribution >= 0.6 is 10.7 Å². The van der Waals surface area contributed by atoms with E-state index in [2.05, 4.69) is 0 Å². The summed E-state index contributed by atoms with van der Waals surface area (Å²) in [4.78, 5) is 13.6. The molecule has 3 rings (SSSR count). The van der Waals surface area contributed by atoms with Crippen LogP contribution < -0.4 is 4.90 Å². The Labute approximate surface area is 104 Å². The topological polar surface area (TPSA) is 54.5 Å². The normalized spacial score (nSPS) is 18.4. The number of carbonyl (C=O) groups excluding carboxylic acids is 1. The van der Waals surface area contributed by atoms with Gasteiger partial charge in [0.15, 0.2) is 0 Å². The van der Waals surface area contributed by atoms with Gasteiger partial charge in [0.1, 0.15) is 0 Å². The molecular formula is C11H10ClNO3S. The second-order valence-electron chi connectivity index (χ2n) is 4.32. The van der Waals surface area contributed by atoms with E-state index in [1.807, 2.05) is 0 Å². The first-order valence-electron chi connectivity index (χ1n) is 5.37. The molecule has 0 fully saturated rings. The van der Waals surface area contributed by atoms with Gasteiger partial charge in [-0.15, -0.1) is 0 Å². The summed E-state index contributed by atoms with van der Waals surface area (Å²) in [6.07, 6.45) is 1.74. The third-order valence-corrected chi connectivity index (χ3v) is 4.64. The number of hydrogen-bond acceptors (Lipinski definition) is 3. The van der Waals surface area contributed by atoms with Crippen LogP contribution in [0.4, 0.5) is 5.69 Å². The summed E-state index contributed by atoms with van der Waals surface area (Å²) in [7, 11) is 1.67. The lowest BCUT2D eigenvalue weighted by atomic mass is 10.00. The SMILES string of the molecule is O=C1CCc2cc(S(=O)(=O)Cl)cc3c2N1CC3. The maximum atomic E-state index is 11.7. The fourth-order valence-corrected chi connectivity index (χ4v) is 3.40. The van der Waals surface area contributed by atoms with E-state index in [0.29, 0.717) is 25.8 Å². The summed E-state index contributed by atoms with van der Waals surface area (Å²) in [5.74, 6) is 0.123. The van der Waals surface area contributed by atoms with Crippen LogP contribution in [0.15, 0.2) is 17.0 Å². The maximum absolute atomic E-state index is 11.7. The standard InChI is InChI=1S/C11H10ClNO3S/c12-17(15,16)9-5-7-1-2-10(14)13-4-3-8(6-9)11(7)13/h5-6H,1-4H2. The number of amides is 1. The molecule has 0 N–H and O–H groups in total. The van der Waals surface area contributed by atoms with Gasteiger partial charge in [-0.1, -0.05) is 0 Å². The summed E-state index contributed by atoms with van der Waals surface area (Å²) < 4.78 is 22.7. The monoisotopic (exact) mass is 271 g/mol. The van der Waals surface area contributed by atoms with Crippen molar-refractivity contribution in [1.29, 1.82) is 0 Å². The first-order valence-corrected chi connectivity index (χ1v) is 7.68. The van der Waals surface area contributed by atoms with Crippen molar-refractivity contribution in [2.45, 2.75) is 24.2 Å². The second-order valence-corrected chi connectivity index (χ2v) is 6.89. The van der Waals surface area contributed by atoms with Crippen molar-refractivity contribution < 1.29 is 13.2 Å². The predicted molar refractivity (Wildman–Crippen MR) is 63.9 cm³/mol. The minimum absolute atomic E-state index is 0.123. The highest BCUT2D eigenvalue weighted by atomic mass is 35.7. The lowest BCUT2D eigenvalue weighted by Gasteiger charge is -2.25. The molecule has 0 spiro atoms. The van der Waals surface area contributed by atoms with E-state index in [4.69, 9.17) is 10.7 Å². The van der Waals surface area contributed by atoms with Crippen molar-refractivity contribution in [3.8, 4) is 0 Å². The fraction of sp³-hybridized carbons (Fsp3) is 0.364. The van der Waals surface area contributed by atoms with Gasteiger partial charge in [-0.25, -0.2) is 8.42 Å². The largest absolute Gasteiger partial charge is 0.312 e. The molecule has 1 amide bonds. The zero-order chi connectivity index (χ0) is 12.2. The van der Waals surface area contributed by atoms with Crippen molar-refractivity contribution in [2.75, 3.05) is 11.4 Å². The molecule has 1 aromatic carbocycles. The number of carbonyl (C=O) groups is 1.